The number of thiophene rings is 1. The largest absolute Gasteiger partial charge is 0.477 e. The molecule has 2 aromatic heterocycles. The molecule has 0 fully saturated rings. The number of hydrogen-bond donors (Lipinski definition) is 1. The highest BCUT2D eigenvalue weighted by molar-refractivity contribution is 7.17. The lowest BCUT2D eigenvalue weighted by atomic mass is 10.0. The molecule has 0 aliphatic heterocycles. The van der Waals surface area contributed by atoms with E-state index in [0.717, 1.165) is 16.3 Å². The number of carboxylic acids is 1. The molecule has 18 heavy (non-hydrogen) atoms. The van der Waals surface area contributed by atoms with Crippen LogP contribution >= 0.6 is 11.3 Å². The molecular weight excluding hydrogens is 246 g/mol. The second-order valence-electron chi connectivity index (χ2n) is 4.49. The molecule has 4 heteroatoms. The quantitative estimate of drug-likeness (QED) is 0.910. The first-order valence-electron chi connectivity index (χ1n) is 5.80. The Hall–Kier alpha value is -1.68. The number of pyridine rings is 1. The van der Waals surface area contributed by atoms with Crippen molar-refractivity contribution in [1.82, 2.24) is 4.98 Å². The van der Waals surface area contributed by atoms with E-state index >= 15 is 0 Å². The first kappa shape index (κ1) is 12.8. The van der Waals surface area contributed by atoms with Crippen LogP contribution in [0.2, 0.25) is 0 Å². The van der Waals surface area contributed by atoms with Gasteiger partial charge in [-0.3, -0.25) is 4.98 Å². The molecule has 2 heterocycles. The zero-order valence-electron chi connectivity index (χ0n) is 10.6. The lowest BCUT2D eigenvalue weighted by Crippen LogP contribution is -1.95. The van der Waals surface area contributed by atoms with E-state index < -0.39 is 5.97 Å². The molecule has 0 amide bonds. The zero-order valence-corrected chi connectivity index (χ0v) is 11.4. The van der Waals surface area contributed by atoms with E-state index in [-0.39, 0.29) is 0 Å². The third kappa shape index (κ3) is 2.43. The Bertz CT molecular complexity index is 587. The van der Waals surface area contributed by atoms with Gasteiger partial charge in [-0.25, -0.2) is 4.79 Å². The highest BCUT2D eigenvalue weighted by Crippen LogP contribution is 2.28. The SMILES string of the molecule is Cc1nc(-c2ccc(C(=O)O)s2)ccc1C(C)C. The molecule has 3 nitrogen and oxygen atoms in total. The van der Waals surface area contributed by atoms with E-state index in [2.05, 4.69) is 24.9 Å². The van der Waals surface area contributed by atoms with Gasteiger partial charge < -0.3 is 5.11 Å². The Labute approximate surface area is 110 Å². The molecule has 2 aromatic rings. The van der Waals surface area contributed by atoms with Crippen molar-refractivity contribution in [3.05, 3.63) is 40.4 Å². The van der Waals surface area contributed by atoms with E-state index in [4.69, 9.17) is 5.11 Å². The Morgan fingerprint density at radius 1 is 1.28 bits per heavy atom. The van der Waals surface area contributed by atoms with Gasteiger partial charge in [0.25, 0.3) is 0 Å². The van der Waals surface area contributed by atoms with Crippen LogP contribution < -0.4 is 0 Å². The maximum absolute atomic E-state index is 10.8. The first-order valence-corrected chi connectivity index (χ1v) is 6.61. The van der Waals surface area contributed by atoms with E-state index in [1.807, 2.05) is 19.1 Å². The maximum Gasteiger partial charge on any atom is 0.345 e. The van der Waals surface area contributed by atoms with Gasteiger partial charge in [-0.05, 0) is 36.6 Å². The maximum atomic E-state index is 10.8. The molecule has 0 saturated heterocycles. The number of aryl methyl sites for hydroxylation is 1. The summed E-state index contributed by atoms with van der Waals surface area (Å²) in [6.07, 6.45) is 0. The van der Waals surface area contributed by atoms with Crippen LogP contribution in [0.3, 0.4) is 0 Å². The van der Waals surface area contributed by atoms with Crippen molar-refractivity contribution >= 4 is 17.3 Å². The Balaban J connectivity index is 2.39. The van der Waals surface area contributed by atoms with Crippen LogP contribution in [0.25, 0.3) is 10.6 Å². The zero-order chi connectivity index (χ0) is 13.3. The van der Waals surface area contributed by atoms with Gasteiger partial charge in [-0.15, -0.1) is 11.3 Å². The molecule has 0 radical (unpaired) electrons. The van der Waals surface area contributed by atoms with E-state index in [9.17, 15) is 4.79 Å². The third-order valence-corrected chi connectivity index (χ3v) is 3.91. The minimum absolute atomic E-state index is 0.345. The van der Waals surface area contributed by atoms with Gasteiger partial charge >= 0.3 is 5.97 Å². The van der Waals surface area contributed by atoms with Gasteiger partial charge in [-0.1, -0.05) is 19.9 Å². The minimum atomic E-state index is -0.887. The average molecular weight is 261 g/mol. The molecule has 0 unspecified atom stereocenters. The summed E-state index contributed by atoms with van der Waals surface area (Å²) in [6.45, 7) is 6.26. The fourth-order valence-corrected chi connectivity index (χ4v) is 2.72. The topological polar surface area (TPSA) is 50.2 Å². The van der Waals surface area contributed by atoms with Crippen LogP contribution in [0.5, 0.6) is 0 Å². The van der Waals surface area contributed by atoms with Crippen molar-refractivity contribution in [1.29, 1.82) is 0 Å². The Kier molecular flexibility index (Phi) is 3.48. The van der Waals surface area contributed by atoms with Crippen LogP contribution in [0.15, 0.2) is 24.3 Å². The van der Waals surface area contributed by atoms with E-state index in [1.165, 1.54) is 16.9 Å². The molecule has 0 atom stereocenters. The normalized spacial score (nSPS) is 10.9. The van der Waals surface area contributed by atoms with Gasteiger partial charge in [0, 0.05) is 5.69 Å². The Morgan fingerprint density at radius 2 is 2.00 bits per heavy atom. The molecule has 0 spiro atoms. The van der Waals surface area contributed by atoms with E-state index in [0.29, 0.717) is 10.8 Å². The summed E-state index contributed by atoms with van der Waals surface area (Å²) in [4.78, 5) is 16.6. The minimum Gasteiger partial charge on any atom is -0.477 e. The molecule has 0 saturated carbocycles. The van der Waals surface area contributed by atoms with Crippen molar-refractivity contribution < 1.29 is 9.90 Å². The van der Waals surface area contributed by atoms with Crippen LogP contribution in [0.4, 0.5) is 0 Å². The molecular formula is C14H15NO2S. The highest BCUT2D eigenvalue weighted by atomic mass is 32.1. The smallest absolute Gasteiger partial charge is 0.345 e. The lowest BCUT2D eigenvalue weighted by molar-refractivity contribution is 0.0702. The summed E-state index contributed by atoms with van der Waals surface area (Å²) in [5.41, 5.74) is 3.08. The fraction of sp³-hybridized carbons (Fsp3) is 0.286. The van der Waals surface area contributed by atoms with Gasteiger partial charge in [0.05, 0.1) is 10.6 Å². The standard InChI is InChI=1S/C14H15NO2S/c1-8(2)10-4-5-11(15-9(10)3)12-6-7-13(18-12)14(16)17/h4-8H,1-3H3,(H,16,17). The predicted octanol–water partition coefficient (Wildman–Crippen LogP) is 3.94. The summed E-state index contributed by atoms with van der Waals surface area (Å²) in [6, 6.07) is 7.46. The Morgan fingerprint density at radius 3 is 2.50 bits per heavy atom. The molecule has 94 valence electrons. The van der Waals surface area contributed by atoms with E-state index in [1.54, 1.807) is 6.07 Å². The summed E-state index contributed by atoms with van der Waals surface area (Å²) >= 11 is 1.25. The number of aromatic carboxylic acids is 1. The van der Waals surface area contributed by atoms with Crippen LogP contribution in [-0.2, 0) is 0 Å². The van der Waals surface area contributed by atoms with Crippen LogP contribution in [-0.4, -0.2) is 16.1 Å². The molecule has 0 aromatic carbocycles. The summed E-state index contributed by atoms with van der Waals surface area (Å²) in [7, 11) is 0. The van der Waals surface area contributed by atoms with Crippen molar-refractivity contribution in [3.8, 4) is 10.6 Å². The third-order valence-electron chi connectivity index (χ3n) is 2.82. The monoisotopic (exact) mass is 261 g/mol. The second kappa shape index (κ2) is 4.90. The van der Waals surface area contributed by atoms with Crippen molar-refractivity contribution in [2.75, 3.05) is 0 Å². The van der Waals surface area contributed by atoms with Crippen molar-refractivity contribution in [3.63, 3.8) is 0 Å². The van der Waals surface area contributed by atoms with Gasteiger partial charge in [-0.2, -0.15) is 0 Å². The lowest BCUT2D eigenvalue weighted by Gasteiger charge is -2.09. The molecule has 1 N–H and O–H groups in total. The molecule has 0 aliphatic carbocycles. The fourth-order valence-electron chi connectivity index (χ4n) is 1.91. The number of aromatic nitrogens is 1. The molecule has 0 aliphatic rings. The molecule has 0 bridgehead atoms. The van der Waals surface area contributed by atoms with Crippen LogP contribution in [0, 0.1) is 6.92 Å². The van der Waals surface area contributed by atoms with Gasteiger partial charge in [0.1, 0.15) is 4.88 Å². The number of carboxylic acid groups (broad SMARTS) is 1. The molecule has 2 rings (SSSR count). The van der Waals surface area contributed by atoms with Gasteiger partial charge in [0.2, 0.25) is 0 Å². The summed E-state index contributed by atoms with van der Waals surface area (Å²) in [5, 5.41) is 8.91. The number of nitrogens with zero attached hydrogens (tertiary/aromatic N) is 1. The van der Waals surface area contributed by atoms with Crippen molar-refractivity contribution in [2.24, 2.45) is 0 Å². The van der Waals surface area contributed by atoms with Crippen LogP contribution in [0.1, 0.15) is 40.7 Å². The van der Waals surface area contributed by atoms with Crippen molar-refractivity contribution in [2.45, 2.75) is 26.7 Å². The first-order chi connectivity index (χ1) is 8.49. The average Bonchev–Trinajstić information content (AvgIpc) is 2.77. The van der Waals surface area contributed by atoms with Gasteiger partial charge in [0.15, 0.2) is 0 Å². The number of carbonyl (C=O) groups is 1. The summed E-state index contributed by atoms with van der Waals surface area (Å²) < 4.78 is 0. The predicted molar refractivity (Wildman–Crippen MR) is 73.3 cm³/mol. The second-order valence-corrected chi connectivity index (χ2v) is 5.58. The number of hydrogen-bond acceptors (Lipinski definition) is 3. The number of rotatable bonds is 3. The summed E-state index contributed by atoms with van der Waals surface area (Å²) in [5.74, 6) is -0.439. The highest BCUT2D eigenvalue weighted by Gasteiger charge is 2.11.